The fraction of sp³-hybridized carbons (Fsp3) is 0.0714. The molecule has 1 aromatic rings. The van der Waals surface area contributed by atoms with E-state index < -0.39 is 5.78 Å². The molecule has 2 aliphatic heterocycles. The summed E-state index contributed by atoms with van der Waals surface area (Å²) >= 11 is 0. The molecule has 2 aliphatic rings. The van der Waals surface area contributed by atoms with Crippen molar-refractivity contribution < 1.29 is 14.9 Å². The molecular formula is C14H12N4O3. The fourth-order valence-corrected chi connectivity index (χ4v) is 2.00. The molecule has 0 radical (unpaired) electrons. The van der Waals surface area contributed by atoms with Crippen molar-refractivity contribution in [1.82, 2.24) is 15.5 Å². The van der Waals surface area contributed by atoms with Gasteiger partial charge in [-0.25, -0.2) is 10.5 Å². The number of hydroxylamine groups is 3. The summed E-state index contributed by atoms with van der Waals surface area (Å²) in [6.45, 7) is 1.80. The molecule has 106 valence electrons. The van der Waals surface area contributed by atoms with E-state index in [1.807, 2.05) is 0 Å². The Morgan fingerprint density at radius 1 is 1.48 bits per heavy atom. The Balaban J connectivity index is 1.92. The summed E-state index contributed by atoms with van der Waals surface area (Å²) in [7, 11) is 0. The zero-order chi connectivity index (χ0) is 14.8. The standard InChI is InChI=1S/C14H12N4O3/c1-9-3-2-4-12(16-9)13(17-20)14(19)10-5-6-18-11(7-10)8-15-21-18/h2-8,15,20H,1H3. The summed E-state index contributed by atoms with van der Waals surface area (Å²) in [6.07, 6.45) is 6.41. The van der Waals surface area contributed by atoms with Crippen LogP contribution < -0.4 is 5.48 Å². The molecule has 7 nitrogen and oxygen atoms in total. The number of aromatic nitrogens is 1. The minimum Gasteiger partial charge on any atom is -0.410 e. The maximum absolute atomic E-state index is 12.5. The molecule has 3 rings (SSSR count). The van der Waals surface area contributed by atoms with E-state index in [9.17, 15) is 10.0 Å². The highest BCUT2D eigenvalue weighted by molar-refractivity contribution is 6.51. The number of aryl methyl sites for hydroxylation is 1. The van der Waals surface area contributed by atoms with Crippen molar-refractivity contribution in [3.8, 4) is 0 Å². The van der Waals surface area contributed by atoms with Gasteiger partial charge in [0.25, 0.3) is 0 Å². The molecule has 0 aliphatic carbocycles. The first-order valence-electron chi connectivity index (χ1n) is 6.21. The van der Waals surface area contributed by atoms with E-state index in [4.69, 9.17) is 4.94 Å². The number of Topliss-reactive ketones (excluding diaryl/α,β-unsaturated/α-hetero) is 1. The normalized spacial score (nSPS) is 17.0. The molecule has 2 N–H and O–H groups in total. The lowest BCUT2D eigenvalue weighted by Gasteiger charge is -2.16. The van der Waals surface area contributed by atoms with Crippen LogP contribution in [0.1, 0.15) is 11.4 Å². The zero-order valence-electron chi connectivity index (χ0n) is 11.1. The Morgan fingerprint density at radius 3 is 3.10 bits per heavy atom. The number of rotatable bonds is 3. The summed E-state index contributed by atoms with van der Waals surface area (Å²) in [5.41, 5.74) is 4.58. The molecule has 0 bridgehead atoms. The van der Waals surface area contributed by atoms with Gasteiger partial charge >= 0.3 is 0 Å². The number of pyridine rings is 1. The number of fused-ring (bicyclic) bond motifs is 1. The van der Waals surface area contributed by atoms with Crippen molar-refractivity contribution in [2.75, 3.05) is 0 Å². The van der Waals surface area contributed by atoms with E-state index in [2.05, 4.69) is 15.6 Å². The van der Waals surface area contributed by atoms with Crippen LogP contribution in [0.5, 0.6) is 0 Å². The van der Waals surface area contributed by atoms with Crippen LogP contribution >= 0.6 is 0 Å². The third kappa shape index (κ3) is 2.41. The maximum atomic E-state index is 12.5. The predicted molar refractivity (Wildman–Crippen MR) is 73.7 cm³/mol. The second kappa shape index (κ2) is 5.22. The van der Waals surface area contributed by atoms with Gasteiger partial charge in [-0.2, -0.15) is 4.94 Å². The van der Waals surface area contributed by atoms with E-state index >= 15 is 0 Å². The summed E-state index contributed by atoms with van der Waals surface area (Å²) in [5.74, 6) is -0.417. The van der Waals surface area contributed by atoms with Crippen LogP contribution in [-0.2, 0) is 9.73 Å². The number of ketones is 1. The van der Waals surface area contributed by atoms with Crippen LogP contribution in [0.4, 0.5) is 0 Å². The molecule has 0 spiro atoms. The third-order valence-electron chi connectivity index (χ3n) is 3.01. The highest BCUT2D eigenvalue weighted by Crippen LogP contribution is 2.21. The fourth-order valence-electron chi connectivity index (χ4n) is 2.00. The first kappa shape index (κ1) is 13.1. The summed E-state index contributed by atoms with van der Waals surface area (Å²) < 4.78 is 0. The van der Waals surface area contributed by atoms with Crippen LogP contribution in [0.2, 0.25) is 0 Å². The van der Waals surface area contributed by atoms with Crippen molar-refractivity contribution in [2.45, 2.75) is 6.92 Å². The first-order valence-corrected chi connectivity index (χ1v) is 6.21. The van der Waals surface area contributed by atoms with Crippen molar-refractivity contribution in [3.63, 3.8) is 0 Å². The van der Waals surface area contributed by atoms with Gasteiger partial charge in [0, 0.05) is 17.5 Å². The number of nitrogens with zero attached hydrogens (tertiary/aromatic N) is 3. The van der Waals surface area contributed by atoms with Crippen LogP contribution in [0, 0.1) is 6.92 Å². The minimum absolute atomic E-state index is 0.101. The van der Waals surface area contributed by atoms with Gasteiger partial charge in [0.15, 0.2) is 5.71 Å². The van der Waals surface area contributed by atoms with Crippen LogP contribution in [0.25, 0.3) is 0 Å². The molecule has 0 amide bonds. The average molecular weight is 284 g/mol. The van der Waals surface area contributed by atoms with Gasteiger partial charge in [-0.15, -0.1) is 0 Å². The van der Waals surface area contributed by atoms with Crippen molar-refractivity contribution in [3.05, 3.63) is 65.4 Å². The van der Waals surface area contributed by atoms with Gasteiger partial charge in [0.1, 0.15) is 0 Å². The average Bonchev–Trinajstić information content (AvgIpc) is 2.95. The monoisotopic (exact) mass is 284 g/mol. The van der Waals surface area contributed by atoms with Crippen molar-refractivity contribution >= 4 is 11.5 Å². The van der Waals surface area contributed by atoms with Crippen molar-refractivity contribution in [2.24, 2.45) is 5.16 Å². The molecular weight excluding hydrogens is 272 g/mol. The van der Waals surface area contributed by atoms with Crippen LogP contribution in [0.3, 0.4) is 0 Å². The first-order chi connectivity index (χ1) is 10.2. The smallest absolute Gasteiger partial charge is 0.217 e. The van der Waals surface area contributed by atoms with E-state index in [1.54, 1.807) is 49.7 Å². The molecule has 0 unspecified atom stereocenters. The second-order valence-corrected chi connectivity index (χ2v) is 4.46. The summed E-state index contributed by atoms with van der Waals surface area (Å²) in [4.78, 5) is 21.7. The Labute approximate surface area is 120 Å². The number of nitrogens with one attached hydrogen (secondary N) is 1. The third-order valence-corrected chi connectivity index (χ3v) is 3.01. The molecule has 21 heavy (non-hydrogen) atoms. The number of carbonyl (C=O) groups is 1. The lowest BCUT2D eigenvalue weighted by Crippen LogP contribution is -2.22. The van der Waals surface area contributed by atoms with Crippen molar-refractivity contribution in [1.29, 1.82) is 0 Å². The maximum Gasteiger partial charge on any atom is 0.217 e. The van der Waals surface area contributed by atoms with Gasteiger partial charge in [-0.1, -0.05) is 11.2 Å². The molecule has 7 heteroatoms. The van der Waals surface area contributed by atoms with Crippen LogP contribution in [-0.4, -0.2) is 26.7 Å². The Morgan fingerprint density at radius 2 is 2.33 bits per heavy atom. The van der Waals surface area contributed by atoms with E-state index in [0.29, 0.717) is 17.0 Å². The number of oxime groups is 1. The van der Waals surface area contributed by atoms with Gasteiger partial charge < -0.3 is 5.21 Å². The van der Waals surface area contributed by atoms with E-state index in [-0.39, 0.29) is 5.71 Å². The molecule has 1 aromatic heterocycles. The van der Waals surface area contributed by atoms with Crippen LogP contribution in [0.15, 0.2) is 59.2 Å². The molecule has 0 saturated carbocycles. The van der Waals surface area contributed by atoms with E-state index in [0.717, 1.165) is 5.69 Å². The highest BCUT2D eigenvalue weighted by atomic mass is 16.8. The second-order valence-electron chi connectivity index (χ2n) is 4.46. The summed E-state index contributed by atoms with van der Waals surface area (Å²) in [5, 5.41) is 13.8. The molecule has 0 aromatic carbocycles. The number of hydrogen-bond donors (Lipinski definition) is 2. The topological polar surface area (TPSA) is 87.0 Å². The number of carbonyl (C=O) groups excluding carboxylic acids is 1. The number of allylic oxidation sites excluding steroid dienone is 3. The summed E-state index contributed by atoms with van der Waals surface area (Å²) in [6, 6.07) is 5.17. The minimum atomic E-state index is -0.417. The lowest BCUT2D eigenvalue weighted by atomic mass is 10.0. The molecule has 3 heterocycles. The molecule has 0 atom stereocenters. The highest BCUT2D eigenvalue weighted by Gasteiger charge is 2.24. The largest absolute Gasteiger partial charge is 0.410 e. The van der Waals surface area contributed by atoms with Gasteiger partial charge in [0.05, 0.1) is 17.6 Å². The van der Waals surface area contributed by atoms with E-state index in [1.165, 1.54) is 5.06 Å². The Bertz CT molecular complexity index is 719. The quantitative estimate of drug-likeness (QED) is 0.492. The van der Waals surface area contributed by atoms with Gasteiger partial charge in [-0.3, -0.25) is 9.78 Å². The zero-order valence-corrected chi connectivity index (χ0v) is 11.1. The van der Waals surface area contributed by atoms with Gasteiger partial charge in [-0.05, 0) is 31.2 Å². The Kier molecular flexibility index (Phi) is 3.25. The predicted octanol–water partition coefficient (Wildman–Crippen LogP) is 1.18. The SMILES string of the molecule is Cc1cccc(C(=NO)C(=O)C2=CC3=CNON3C=C2)n1. The Hall–Kier alpha value is -2.93. The number of hydrogen-bond acceptors (Lipinski definition) is 7. The lowest BCUT2D eigenvalue weighted by molar-refractivity contribution is -0.114. The molecule has 0 fully saturated rings. The molecule has 0 saturated heterocycles. The van der Waals surface area contributed by atoms with Gasteiger partial charge in [0.2, 0.25) is 5.78 Å².